The Bertz CT molecular complexity index is 653. The molecule has 1 N–H and O–H groups in total. The highest BCUT2D eigenvalue weighted by Crippen LogP contribution is 2.24. The zero-order valence-electron chi connectivity index (χ0n) is 11.0. The monoisotopic (exact) mass is 313 g/mol. The summed E-state index contributed by atoms with van der Waals surface area (Å²) in [6.45, 7) is 4.11. The number of carboxylic acids is 1. The van der Waals surface area contributed by atoms with Gasteiger partial charge in [0.05, 0.1) is 12.2 Å². The second kappa shape index (κ2) is 5.81. The zero-order valence-corrected chi connectivity index (χ0v) is 12.5. The second-order valence-corrected chi connectivity index (χ2v) is 5.52. The molecule has 0 aliphatic heterocycles. The van der Waals surface area contributed by atoms with Crippen LogP contribution in [0.1, 0.15) is 41.5 Å². The predicted molar refractivity (Wildman–Crippen MR) is 76.6 cm³/mol. The molecule has 0 radical (unpaired) electrons. The van der Waals surface area contributed by atoms with Crippen molar-refractivity contribution in [2.24, 2.45) is 0 Å². The summed E-state index contributed by atoms with van der Waals surface area (Å²) in [5, 5.41) is 17.9. The van der Waals surface area contributed by atoms with Crippen LogP contribution in [0.5, 0.6) is 0 Å². The van der Waals surface area contributed by atoms with E-state index in [1.165, 1.54) is 0 Å². The highest BCUT2D eigenvalue weighted by molar-refractivity contribution is 6.33. The molecular formula is C13H13Cl2N3O2. The lowest BCUT2D eigenvalue weighted by Crippen LogP contribution is -2.11. The van der Waals surface area contributed by atoms with Crippen molar-refractivity contribution in [2.75, 3.05) is 0 Å². The molecule has 0 bridgehead atoms. The standard InChI is InChI=1S/C13H13Cl2N3O2/c1-7(2)12-11(13(19)20)16-17-18(12)6-8-5-9(14)3-4-10(8)15/h3-5,7H,6H2,1-2H3,(H,19,20). The minimum absolute atomic E-state index is 0.0194. The summed E-state index contributed by atoms with van der Waals surface area (Å²) in [5.41, 5.74) is 1.30. The van der Waals surface area contributed by atoms with Gasteiger partial charge in [0.15, 0.2) is 5.69 Å². The van der Waals surface area contributed by atoms with Crippen molar-refractivity contribution < 1.29 is 9.90 Å². The number of benzene rings is 1. The Morgan fingerprint density at radius 3 is 2.70 bits per heavy atom. The van der Waals surface area contributed by atoms with Crippen LogP contribution in [-0.2, 0) is 6.54 Å². The topological polar surface area (TPSA) is 68.0 Å². The maximum Gasteiger partial charge on any atom is 0.358 e. The van der Waals surface area contributed by atoms with Crippen molar-refractivity contribution >= 4 is 29.2 Å². The fraction of sp³-hybridized carbons (Fsp3) is 0.308. The molecule has 0 saturated carbocycles. The minimum Gasteiger partial charge on any atom is -0.476 e. The number of carbonyl (C=O) groups is 1. The average Bonchev–Trinajstić information content (AvgIpc) is 2.78. The molecule has 0 fully saturated rings. The minimum atomic E-state index is -1.09. The van der Waals surface area contributed by atoms with E-state index in [9.17, 15) is 4.79 Å². The van der Waals surface area contributed by atoms with E-state index in [0.717, 1.165) is 5.56 Å². The third-order valence-corrected chi connectivity index (χ3v) is 3.45. The Kier molecular flexibility index (Phi) is 4.30. The molecule has 0 aliphatic rings. The molecule has 0 amide bonds. The highest BCUT2D eigenvalue weighted by atomic mass is 35.5. The van der Waals surface area contributed by atoms with Crippen LogP contribution in [-0.4, -0.2) is 26.1 Å². The molecule has 1 aromatic carbocycles. The fourth-order valence-electron chi connectivity index (χ4n) is 1.99. The number of halogens is 2. The van der Waals surface area contributed by atoms with Gasteiger partial charge in [-0.3, -0.25) is 0 Å². The van der Waals surface area contributed by atoms with E-state index in [1.54, 1.807) is 22.9 Å². The first-order valence-corrected chi connectivity index (χ1v) is 6.76. The van der Waals surface area contributed by atoms with Crippen molar-refractivity contribution in [1.29, 1.82) is 0 Å². The van der Waals surface area contributed by atoms with Crippen molar-refractivity contribution in [1.82, 2.24) is 15.0 Å². The van der Waals surface area contributed by atoms with Crippen molar-refractivity contribution in [2.45, 2.75) is 26.3 Å². The molecular weight excluding hydrogens is 301 g/mol. The first kappa shape index (κ1) is 14.8. The lowest BCUT2D eigenvalue weighted by atomic mass is 10.1. The van der Waals surface area contributed by atoms with Gasteiger partial charge in [-0.15, -0.1) is 5.10 Å². The molecule has 20 heavy (non-hydrogen) atoms. The Morgan fingerprint density at radius 2 is 2.10 bits per heavy atom. The molecule has 7 heteroatoms. The van der Waals surface area contributed by atoms with E-state index in [-0.39, 0.29) is 11.6 Å². The summed E-state index contributed by atoms with van der Waals surface area (Å²) in [6.07, 6.45) is 0. The molecule has 1 heterocycles. The molecule has 0 saturated heterocycles. The van der Waals surface area contributed by atoms with E-state index >= 15 is 0 Å². The molecule has 0 aliphatic carbocycles. The van der Waals surface area contributed by atoms with Gasteiger partial charge in [-0.1, -0.05) is 42.3 Å². The quantitative estimate of drug-likeness (QED) is 0.938. The Hall–Kier alpha value is -1.59. The van der Waals surface area contributed by atoms with Gasteiger partial charge in [-0.25, -0.2) is 9.48 Å². The van der Waals surface area contributed by atoms with E-state index in [2.05, 4.69) is 10.3 Å². The zero-order chi connectivity index (χ0) is 14.9. The van der Waals surface area contributed by atoms with Crippen LogP contribution in [0.2, 0.25) is 10.0 Å². The molecule has 5 nitrogen and oxygen atoms in total. The van der Waals surface area contributed by atoms with E-state index in [1.807, 2.05) is 13.8 Å². The van der Waals surface area contributed by atoms with E-state index < -0.39 is 5.97 Å². The van der Waals surface area contributed by atoms with Crippen LogP contribution in [0.15, 0.2) is 18.2 Å². The number of aromatic nitrogens is 3. The third kappa shape index (κ3) is 2.94. The van der Waals surface area contributed by atoms with Crippen LogP contribution >= 0.6 is 23.2 Å². The molecule has 1 aromatic heterocycles. The normalized spacial score (nSPS) is 11.1. The van der Waals surface area contributed by atoms with Crippen molar-refractivity contribution in [3.63, 3.8) is 0 Å². The Morgan fingerprint density at radius 1 is 1.40 bits per heavy atom. The van der Waals surface area contributed by atoms with Gasteiger partial charge in [-0.2, -0.15) is 0 Å². The summed E-state index contributed by atoms with van der Waals surface area (Å²) in [6, 6.07) is 5.13. The summed E-state index contributed by atoms with van der Waals surface area (Å²) in [7, 11) is 0. The summed E-state index contributed by atoms with van der Waals surface area (Å²) >= 11 is 12.1. The second-order valence-electron chi connectivity index (χ2n) is 4.68. The molecule has 0 spiro atoms. The maximum atomic E-state index is 11.2. The van der Waals surface area contributed by atoms with Crippen LogP contribution < -0.4 is 0 Å². The molecule has 106 valence electrons. The number of hydrogen-bond donors (Lipinski definition) is 1. The number of carboxylic acid groups (broad SMARTS) is 1. The molecule has 2 rings (SSSR count). The molecule has 0 atom stereocenters. The summed E-state index contributed by atoms with van der Waals surface area (Å²) in [5.74, 6) is -1.11. The van der Waals surface area contributed by atoms with E-state index in [4.69, 9.17) is 28.3 Å². The number of rotatable bonds is 4. The Labute approximate surface area is 126 Å². The van der Waals surface area contributed by atoms with Gasteiger partial charge in [-0.05, 0) is 29.7 Å². The lowest BCUT2D eigenvalue weighted by Gasteiger charge is -2.11. The average molecular weight is 314 g/mol. The Balaban J connectivity index is 2.43. The van der Waals surface area contributed by atoms with Gasteiger partial charge in [0.1, 0.15) is 0 Å². The molecule has 2 aromatic rings. The number of hydrogen-bond acceptors (Lipinski definition) is 3. The smallest absolute Gasteiger partial charge is 0.358 e. The van der Waals surface area contributed by atoms with Gasteiger partial charge in [0.25, 0.3) is 0 Å². The van der Waals surface area contributed by atoms with Gasteiger partial charge >= 0.3 is 5.97 Å². The first-order chi connectivity index (χ1) is 9.40. The molecule has 0 unspecified atom stereocenters. The van der Waals surface area contributed by atoms with Crippen LogP contribution in [0.4, 0.5) is 0 Å². The third-order valence-electron chi connectivity index (χ3n) is 2.85. The largest absolute Gasteiger partial charge is 0.476 e. The van der Waals surface area contributed by atoms with Crippen LogP contribution in [0.3, 0.4) is 0 Å². The van der Waals surface area contributed by atoms with Crippen LogP contribution in [0.25, 0.3) is 0 Å². The summed E-state index contributed by atoms with van der Waals surface area (Å²) < 4.78 is 1.55. The van der Waals surface area contributed by atoms with Gasteiger partial charge in [0, 0.05) is 10.0 Å². The number of aromatic carboxylic acids is 1. The SMILES string of the molecule is CC(C)c1c(C(=O)O)nnn1Cc1cc(Cl)ccc1Cl. The maximum absolute atomic E-state index is 11.2. The number of nitrogens with zero attached hydrogens (tertiary/aromatic N) is 3. The van der Waals surface area contributed by atoms with Crippen LogP contribution in [0, 0.1) is 0 Å². The van der Waals surface area contributed by atoms with Crippen molar-refractivity contribution in [3.05, 3.63) is 45.2 Å². The fourth-order valence-corrected chi connectivity index (χ4v) is 2.36. The van der Waals surface area contributed by atoms with Crippen molar-refractivity contribution in [3.8, 4) is 0 Å². The predicted octanol–water partition coefficient (Wildman–Crippen LogP) is 3.45. The summed E-state index contributed by atoms with van der Waals surface area (Å²) in [4.78, 5) is 11.2. The van der Waals surface area contributed by atoms with Gasteiger partial charge < -0.3 is 5.11 Å². The van der Waals surface area contributed by atoms with Gasteiger partial charge in [0.2, 0.25) is 0 Å². The lowest BCUT2D eigenvalue weighted by molar-refractivity contribution is 0.0688. The first-order valence-electron chi connectivity index (χ1n) is 6.00. The van der Waals surface area contributed by atoms with E-state index in [0.29, 0.717) is 22.3 Å². The highest BCUT2D eigenvalue weighted by Gasteiger charge is 2.21.